The Bertz CT molecular complexity index is 137. The SMILES string of the molecule is CC[N+](C)(C)N1CCN(C)CC1. The lowest BCUT2D eigenvalue weighted by Gasteiger charge is -2.43. The highest BCUT2D eigenvalue weighted by Crippen LogP contribution is 2.08. The Morgan fingerprint density at radius 2 is 1.58 bits per heavy atom. The van der Waals surface area contributed by atoms with E-state index in [0.29, 0.717) is 0 Å². The van der Waals surface area contributed by atoms with Crippen molar-refractivity contribution >= 4 is 0 Å². The molecule has 1 saturated heterocycles. The van der Waals surface area contributed by atoms with Crippen LogP contribution in [0.25, 0.3) is 0 Å². The molecule has 1 rings (SSSR count). The largest absolute Gasteiger partial charge is 0.303 e. The molecule has 0 amide bonds. The molecule has 0 N–H and O–H groups in total. The molecule has 0 bridgehead atoms. The van der Waals surface area contributed by atoms with E-state index in [1.165, 1.54) is 32.7 Å². The molecule has 0 aromatic carbocycles. The zero-order valence-electron chi connectivity index (χ0n) is 8.88. The van der Waals surface area contributed by atoms with Gasteiger partial charge in [-0.05, 0) is 14.0 Å². The molecule has 1 aliphatic heterocycles. The van der Waals surface area contributed by atoms with Crippen LogP contribution in [-0.4, -0.2) is 68.4 Å². The van der Waals surface area contributed by atoms with Crippen LogP contribution in [0, 0.1) is 0 Å². The predicted octanol–water partition coefficient (Wildman–Crippen LogP) is 0.245. The van der Waals surface area contributed by atoms with Crippen molar-refractivity contribution in [2.45, 2.75) is 6.92 Å². The molecular formula is C9H22N3+. The lowest BCUT2D eigenvalue weighted by molar-refractivity contribution is -1.00. The van der Waals surface area contributed by atoms with Gasteiger partial charge in [0.25, 0.3) is 0 Å². The molecule has 12 heavy (non-hydrogen) atoms. The van der Waals surface area contributed by atoms with Crippen LogP contribution in [0.2, 0.25) is 0 Å². The van der Waals surface area contributed by atoms with Gasteiger partial charge in [0, 0.05) is 13.1 Å². The van der Waals surface area contributed by atoms with Crippen LogP contribution in [0.4, 0.5) is 0 Å². The highest BCUT2D eigenvalue weighted by Gasteiger charge is 2.26. The lowest BCUT2D eigenvalue weighted by atomic mass is 10.4. The van der Waals surface area contributed by atoms with Gasteiger partial charge in [-0.3, -0.25) is 0 Å². The molecule has 0 aliphatic carbocycles. The third kappa shape index (κ3) is 2.19. The summed E-state index contributed by atoms with van der Waals surface area (Å²) in [6, 6.07) is 0. The molecule has 0 saturated carbocycles. The van der Waals surface area contributed by atoms with E-state index in [2.05, 4.69) is 38.0 Å². The van der Waals surface area contributed by atoms with Crippen molar-refractivity contribution in [1.29, 1.82) is 0 Å². The summed E-state index contributed by atoms with van der Waals surface area (Å²) >= 11 is 0. The summed E-state index contributed by atoms with van der Waals surface area (Å²) < 4.78 is 1.04. The maximum atomic E-state index is 2.54. The van der Waals surface area contributed by atoms with Crippen LogP contribution in [0.1, 0.15) is 6.92 Å². The maximum absolute atomic E-state index is 2.54. The smallest absolute Gasteiger partial charge is 0.0931 e. The third-order valence-electron chi connectivity index (χ3n) is 3.02. The molecular weight excluding hydrogens is 150 g/mol. The van der Waals surface area contributed by atoms with Gasteiger partial charge in [0.05, 0.1) is 33.7 Å². The van der Waals surface area contributed by atoms with Crippen LogP contribution in [0.3, 0.4) is 0 Å². The van der Waals surface area contributed by atoms with Gasteiger partial charge in [-0.15, -0.1) is 0 Å². The van der Waals surface area contributed by atoms with E-state index >= 15 is 0 Å². The van der Waals surface area contributed by atoms with Gasteiger partial charge in [0.15, 0.2) is 0 Å². The van der Waals surface area contributed by atoms with E-state index in [9.17, 15) is 0 Å². The van der Waals surface area contributed by atoms with Crippen LogP contribution in [-0.2, 0) is 0 Å². The Morgan fingerprint density at radius 3 is 2.00 bits per heavy atom. The average Bonchev–Trinajstić information content (AvgIpc) is 2.05. The Morgan fingerprint density at radius 1 is 1.08 bits per heavy atom. The Balaban J connectivity index is 2.44. The van der Waals surface area contributed by atoms with E-state index in [-0.39, 0.29) is 0 Å². The maximum Gasteiger partial charge on any atom is 0.0931 e. The van der Waals surface area contributed by atoms with Crippen molar-refractivity contribution in [3.63, 3.8) is 0 Å². The van der Waals surface area contributed by atoms with Crippen LogP contribution < -0.4 is 0 Å². The fourth-order valence-electron chi connectivity index (χ4n) is 1.54. The summed E-state index contributed by atoms with van der Waals surface area (Å²) in [7, 11) is 6.76. The van der Waals surface area contributed by atoms with E-state index in [1.807, 2.05) is 0 Å². The number of piperazine rings is 1. The zero-order chi connectivity index (χ0) is 9.19. The Kier molecular flexibility index (Phi) is 3.09. The first kappa shape index (κ1) is 9.96. The van der Waals surface area contributed by atoms with Crippen LogP contribution in [0.15, 0.2) is 0 Å². The lowest BCUT2D eigenvalue weighted by Crippen LogP contribution is -2.60. The molecule has 0 spiro atoms. The van der Waals surface area contributed by atoms with Gasteiger partial charge in [-0.1, -0.05) is 0 Å². The molecule has 72 valence electrons. The number of quaternary nitrogens is 1. The first-order chi connectivity index (χ1) is 5.56. The molecule has 3 heteroatoms. The zero-order valence-corrected chi connectivity index (χ0v) is 8.88. The van der Waals surface area contributed by atoms with E-state index in [0.717, 1.165) is 4.59 Å². The van der Waals surface area contributed by atoms with Gasteiger partial charge < -0.3 is 4.90 Å². The van der Waals surface area contributed by atoms with Crippen molar-refractivity contribution < 1.29 is 4.59 Å². The first-order valence-corrected chi connectivity index (χ1v) is 4.83. The molecule has 0 aromatic rings. The number of likely N-dealkylation sites (N-methyl/N-ethyl adjacent to an activating group) is 1. The minimum Gasteiger partial charge on any atom is -0.303 e. The van der Waals surface area contributed by atoms with Gasteiger partial charge in [-0.25, -0.2) is 4.59 Å². The monoisotopic (exact) mass is 172 g/mol. The van der Waals surface area contributed by atoms with Gasteiger partial charge in [0.1, 0.15) is 0 Å². The molecule has 0 unspecified atom stereocenters. The van der Waals surface area contributed by atoms with E-state index in [1.54, 1.807) is 0 Å². The predicted molar refractivity (Wildman–Crippen MR) is 51.7 cm³/mol. The second-order valence-electron chi connectivity index (χ2n) is 4.19. The van der Waals surface area contributed by atoms with E-state index < -0.39 is 0 Å². The topological polar surface area (TPSA) is 6.48 Å². The minimum atomic E-state index is 1.04. The number of nitrogens with zero attached hydrogens (tertiary/aromatic N) is 3. The summed E-state index contributed by atoms with van der Waals surface area (Å²) in [5.74, 6) is 0. The molecule has 1 fully saturated rings. The van der Waals surface area contributed by atoms with Crippen molar-refractivity contribution in [3.05, 3.63) is 0 Å². The fourth-order valence-corrected chi connectivity index (χ4v) is 1.54. The second-order valence-corrected chi connectivity index (χ2v) is 4.19. The molecule has 0 radical (unpaired) electrons. The van der Waals surface area contributed by atoms with Crippen molar-refractivity contribution in [2.75, 3.05) is 53.9 Å². The van der Waals surface area contributed by atoms with Crippen molar-refractivity contribution in [3.8, 4) is 0 Å². The highest BCUT2D eigenvalue weighted by atomic mass is 15.7. The fraction of sp³-hybridized carbons (Fsp3) is 1.00. The third-order valence-corrected chi connectivity index (χ3v) is 3.02. The number of hydrogen-bond donors (Lipinski definition) is 0. The molecule has 0 aromatic heterocycles. The number of hydrogen-bond acceptors (Lipinski definition) is 2. The van der Waals surface area contributed by atoms with Crippen molar-refractivity contribution in [2.24, 2.45) is 0 Å². The van der Waals surface area contributed by atoms with Gasteiger partial charge >= 0.3 is 0 Å². The Hall–Kier alpha value is -0.120. The van der Waals surface area contributed by atoms with Crippen molar-refractivity contribution in [1.82, 2.24) is 9.91 Å². The standard InChI is InChI=1S/C9H22N3/c1-5-12(3,4)11-8-6-10(2)7-9-11/h5-9H2,1-4H3/q+1. The number of rotatable bonds is 2. The van der Waals surface area contributed by atoms with Gasteiger partial charge in [0.2, 0.25) is 0 Å². The Labute approximate surface area is 76.1 Å². The van der Waals surface area contributed by atoms with Gasteiger partial charge in [-0.2, -0.15) is 5.01 Å². The minimum absolute atomic E-state index is 1.04. The summed E-state index contributed by atoms with van der Waals surface area (Å²) in [6.45, 7) is 8.26. The molecule has 1 heterocycles. The molecule has 3 nitrogen and oxygen atoms in total. The molecule has 0 atom stereocenters. The first-order valence-electron chi connectivity index (χ1n) is 4.83. The second kappa shape index (κ2) is 3.73. The summed E-state index contributed by atoms with van der Waals surface area (Å²) in [5, 5.41) is 2.54. The normalized spacial score (nSPS) is 23.0. The van der Waals surface area contributed by atoms with E-state index in [4.69, 9.17) is 0 Å². The summed E-state index contributed by atoms with van der Waals surface area (Å²) in [6.07, 6.45) is 0. The summed E-state index contributed by atoms with van der Waals surface area (Å²) in [5.41, 5.74) is 0. The van der Waals surface area contributed by atoms with Crippen LogP contribution in [0.5, 0.6) is 0 Å². The average molecular weight is 172 g/mol. The summed E-state index contributed by atoms with van der Waals surface area (Å²) in [4.78, 5) is 2.40. The van der Waals surface area contributed by atoms with Crippen LogP contribution >= 0.6 is 0 Å². The quantitative estimate of drug-likeness (QED) is 0.551. The molecule has 1 aliphatic rings. The highest BCUT2D eigenvalue weighted by molar-refractivity contribution is 4.62.